The van der Waals surface area contributed by atoms with Crippen LogP contribution in [0.3, 0.4) is 0 Å². The van der Waals surface area contributed by atoms with Gasteiger partial charge in [0.25, 0.3) is 17.4 Å². The molecule has 8 heteroatoms. The fourth-order valence-corrected chi connectivity index (χ4v) is 2.54. The molecular weight excluding hydrogens is 312 g/mol. The minimum atomic E-state index is -0.380. The van der Waals surface area contributed by atoms with E-state index >= 15 is 0 Å². The normalized spacial score (nSPS) is 13.2. The Morgan fingerprint density at radius 2 is 2.08 bits per heavy atom. The fraction of sp³-hybridized carbons (Fsp3) is 0.375. The molecule has 126 valence electrons. The standard InChI is InChI=1S/C16H18N4O4/c1-9(2)17-13(21)14-18-11-7-20(8-12(11)24-14)16(23)10-5-4-6-19(3)15(10)22/h4-6,9H,7-8H2,1-3H3,(H,17,21). The zero-order chi connectivity index (χ0) is 17.4. The van der Waals surface area contributed by atoms with Crippen molar-refractivity contribution in [3.05, 3.63) is 51.6 Å². The first-order valence-corrected chi connectivity index (χ1v) is 7.61. The second kappa shape index (κ2) is 5.95. The van der Waals surface area contributed by atoms with Crippen LogP contribution in [-0.2, 0) is 20.1 Å². The van der Waals surface area contributed by atoms with Crippen LogP contribution in [0.25, 0.3) is 0 Å². The van der Waals surface area contributed by atoms with Crippen LogP contribution in [0.1, 0.15) is 46.3 Å². The molecular formula is C16H18N4O4. The largest absolute Gasteiger partial charge is 0.435 e. The van der Waals surface area contributed by atoms with Crippen molar-refractivity contribution in [2.45, 2.75) is 33.0 Å². The zero-order valence-corrected chi connectivity index (χ0v) is 13.7. The third-order valence-electron chi connectivity index (χ3n) is 3.71. The molecule has 3 heterocycles. The summed E-state index contributed by atoms with van der Waals surface area (Å²) in [7, 11) is 1.59. The zero-order valence-electron chi connectivity index (χ0n) is 13.7. The summed E-state index contributed by atoms with van der Waals surface area (Å²) in [5, 5.41) is 2.70. The molecule has 0 spiro atoms. The Morgan fingerprint density at radius 1 is 1.33 bits per heavy atom. The number of amides is 2. The van der Waals surface area contributed by atoms with E-state index in [0.29, 0.717) is 11.5 Å². The van der Waals surface area contributed by atoms with Gasteiger partial charge in [0.2, 0.25) is 0 Å². The number of nitrogens with one attached hydrogen (secondary N) is 1. The van der Waals surface area contributed by atoms with Crippen LogP contribution in [0.15, 0.2) is 27.5 Å². The van der Waals surface area contributed by atoms with Gasteiger partial charge in [-0.15, -0.1) is 0 Å². The molecule has 0 fully saturated rings. The predicted octanol–water partition coefficient (Wildman–Crippen LogP) is 0.667. The average molecular weight is 330 g/mol. The Morgan fingerprint density at radius 3 is 2.75 bits per heavy atom. The highest BCUT2D eigenvalue weighted by atomic mass is 16.4. The summed E-state index contributed by atoms with van der Waals surface area (Å²) in [6.07, 6.45) is 1.59. The maximum Gasteiger partial charge on any atom is 0.307 e. The van der Waals surface area contributed by atoms with Gasteiger partial charge in [-0.3, -0.25) is 14.4 Å². The van der Waals surface area contributed by atoms with Crippen molar-refractivity contribution in [3.63, 3.8) is 0 Å². The lowest BCUT2D eigenvalue weighted by Crippen LogP contribution is -2.33. The van der Waals surface area contributed by atoms with Crippen molar-refractivity contribution < 1.29 is 14.0 Å². The van der Waals surface area contributed by atoms with Crippen molar-refractivity contribution in [2.24, 2.45) is 7.05 Å². The van der Waals surface area contributed by atoms with Gasteiger partial charge in [-0.25, -0.2) is 4.98 Å². The molecule has 0 saturated carbocycles. The van der Waals surface area contributed by atoms with Crippen molar-refractivity contribution in [3.8, 4) is 0 Å². The molecule has 2 amide bonds. The van der Waals surface area contributed by atoms with E-state index in [2.05, 4.69) is 10.3 Å². The number of aromatic nitrogens is 2. The Hall–Kier alpha value is -2.90. The van der Waals surface area contributed by atoms with E-state index in [9.17, 15) is 14.4 Å². The molecule has 2 aromatic heterocycles. The molecule has 1 aliphatic rings. The minimum Gasteiger partial charge on any atom is -0.435 e. The van der Waals surface area contributed by atoms with Gasteiger partial charge in [-0.1, -0.05) is 0 Å². The van der Waals surface area contributed by atoms with E-state index in [0.717, 1.165) is 0 Å². The number of carbonyl (C=O) groups is 2. The number of aryl methyl sites for hydroxylation is 1. The lowest BCUT2D eigenvalue weighted by molar-refractivity contribution is 0.0738. The Bertz CT molecular complexity index is 842. The molecule has 2 aromatic rings. The van der Waals surface area contributed by atoms with Gasteiger partial charge in [-0.2, -0.15) is 0 Å². The van der Waals surface area contributed by atoms with Gasteiger partial charge >= 0.3 is 5.91 Å². The Kier molecular flexibility index (Phi) is 3.96. The summed E-state index contributed by atoms with van der Waals surface area (Å²) in [5.74, 6) is -0.284. The molecule has 0 saturated heterocycles. The molecule has 0 bridgehead atoms. The molecule has 3 rings (SSSR count). The number of hydrogen-bond acceptors (Lipinski definition) is 5. The van der Waals surface area contributed by atoms with Crippen molar-refractivity contribution in [1.29, 1.82) is 0 Å². The van der Waals surface area contributed by atoms with Crippen LogP contribution in [0.4, 0.5) is 0 Å². The van der Waals surface area contributed by atoms with Gasteiger partial charge in [-0.05, 0) is 26.0 Å². The van der Waals surface area contributed by atoms with E-state index < -0.39 is 0 Å². The highest BCUT2D eigenvalue weighted by Crippen LogP contribution is 2.24. The van der Waals surface area contributed by atoms with Crippen molar-refractivity contribution in [1.82, 2.24) is 19.8 Å². The second-order valence-corrected chi connectivity index (χ2v) is 6.02. The SMILES string of the molecule is CC(C)NC(=O)c1nc2c(o1)CN(C(=O)c1cccn(C)c1=O)C2. The molecule has 24 heavy (non-hydrogen) atoms. The van der Waals surface area contributed by atoms with E-state index in [4.69, 9.17) is 4.42 Å². The first-order valence-electron chi connectivity index (χ1n) is 7.61. The first kappa shape index (κ1) is 16.0. The first-order chi connectivity index (χ1) is 11.4. The lowest BCUT2D eigenvalue weighted by atomic mass is 10.2. The molecule has 0 radical (unpaired) electrons. The number of carbonyl (C=O) groups excluding carboxylic acids is 2. The summed E-state index contributed by atoms with van der Waals surface area (Å²) >= 11 is 0. The van der Waals surface area contributed by atoms with Crippen LogP contribution in [-0.4, -0.2) is 32.3 Å². The molecule has 1 N–H and O–H groups in total. The van der Waals surface area contributed by atoms with E-state index in [1.165, 1.54) is 15.5 Å². The number of hydrogen-bond donors (Lipinski definition) is 1. The fourth-order valence-electron chi connectivity index (χ4n) is 2.54. The molecule has 0 aromatic carbocycles. The van der Waals surface area contributed by atoms with Crippen LogP contribution < -0.4 is 10.9 Å². The smallest absolute Gasteiger partial charge is 0.307 e. The van der Waals surface area contributed by atoms with Gasteiger partial charge in [0.15, 0.2) is 0 Å². The van der Waals surface area contributed by atoms with Crippen LogP contribution in [0, 0.1) is 0 Å². The minimum absolute atomic E-state index is 0.00331. The maximum absolute atomic E-state index is 12.5. The molecule has 0 unspecified atom stereocenters. The van der Waals surface area contributed by atoms with Crippen molar-refractivity contribution >= 4 is 11.8 Å². The highest BCUT2D eigenvalue weighted by molar-refractivity contribution is 5.94. The quantitative estimate of drug-likeness (QED) is 0.892. The maximum atomic E-state index is 12.5. The van der Waals surface area contributed by atoms with E-state index in [1.807, 2.05) is 13.8 Å². The molecule has 8 nitrogen and oxygen atoms in total. The van der Waals surface area contributed by atoms with Gasteiger partial charge in [0, 0.05) is 19.3 Å². The third kappa shape index (κ3) is 2.82. The van der Waals surface area contributed by atoms with Gasteiger partial charge < -0.3 is 19.2 Å². The summed E-state index contributed by atoms with van der Waals surface area (Å²) in [4.78, 5) is 42.1. The van der Waals surface area contributed by atoms with Crippen LogP contribution in [0.5, 0.6) is 0 Å². The van der Waals surface area contributed by atoms with Crippen LogP contribution >= 0.6 is 0 Å². The number of nitrogens with zero attached hydrogens (tertiary/aromatic N) is 3. The van der Waals surface area contributed by atoms with Crippen LogP contribution in [0.2, 0.25) is 0 Å². The Labute approximate surface area is 138 Å². The number of pyridine rings is 1. The molecule has 1 aliphatic heterocycles. The average Bonchev–Trinajstić information content (AvgIpc) is 3.07. The number of fused-ring (bicyclic) bond motifs is 1. The third-order valence-corrected chi connectivity index (χ3v) is 3.71. The molecule has 0 aliphatic carbocycles. The summed E-state index contributed by atoms with van der Waals surface area (Å²) < 4.78 is 6.81. The second-order valence-electron chi connectivity index (χ2n) is 6.02. The summed E-state index contributed by atoms with van der Waals surface area (Å²) in [6, 6.07) is 3.13. The predicted molar refractivity (Wildman–Crippen MR) is 84.4 cm³/mol. The number of oxazole rings is 1. The van der Waals surface area contributed by atoms with E-state index in [-0.39, 0.29) is 48.0 Å². The monoisotopic (exact) mass is 330 g/mol. The van der Waals surface area contributed by atoms with Gasteiger partial charge in [0.05, 0.1) is 13.1 Å². The Balaban J connectivity index is 1.76. The molecule has 0 atom stereocenters. The highest BCUT2D eigenvalue weighted by Gasteiger charge is 2.31. The topological polar surface area (TPSA) is 97.4 Å². The van der Waals surface area contributed by atoms with Gasteiger partial charge in [0.1, 0.15) is 17.0 Å². The number of rotatable bonds is 3. The van der Waals surface area contributed by atoms with E-state index in [1.54, 1.807) is 19.3 Å². The lowest BCUT2D eigenvalue weighted by Gasteiger charge is -2.15. The summed E-state index contributed by atoms with van der Waals surface area (Å²) in [6.45, 7) is 4.09. The van der Waals surface area contributed by atoms with Crippen molar-refractivity contribution in [2.75, 3.05) is 0 Å². The summed E-state index contributed by atoms with van der Waals surface area (Å²) in [5.41, 5.74) is 0.295.